The Balaban J connectivity index is 3.12. The summed E-state index contributed by atoms with van der Waals surface area (Å²) < 4.78 is 36.5. The molecule has 0 spiro atoms. The molecule has 0 N–H and O–H groups in total. The van der Waals surface area contributed by atoms with Gasteiger partial charge in [-0.2, -0.15) is 23.7 Å². The minimum atomic E-state index is -4.49. The molecule has 0 heterocycles. The average molecular weight is 184 g/mol. The number of nitriles is 2. The second-order valence-electron chi connectivity index (χ2n) is 2.43. The first kappa shape index (κ1) is 9.34. The van der Waals surface area contributed by atoms with Gasteiger partial charge in [-0.3, -0.25) is 0 Å². The summed E-state index contributed by atoms with van der Waals surface area (Å²) in [6, 6.07) is 2.93. The molecular weight excluding hydrogens is 181 g/mol. The van der Waals surface area contributed by atoms with Crippen LogP contribution in [0.2, 0.25) is 0 Å². The Morgan fingerprint density at radius 1 is 1.23 bits per heavy atom. The minimum absolute atomic E-state index is 0.204. The molecule has 1 aliphatic rings. The van der Waals surface area contributed by atoms with Crippen molar-refractivity contribution in [3.63, 3.8) is 0 Å². The summed E-state index contributed by atoms with van der Waals surface area (Å²) in [4.78, 5) is 0. The first-order valence-electron chi connectivity index (χ1n) is 3.30. The Kier molecular flexibility index (Phi) is 2.12. The van der Waals surface area contributed by atoms with Crippen LogP contribution >= 0.6 is 0 Å². The summed E-state index contributed by atoms with van der Waals surface area (Å²) in [5.74, 6) is -1.91. The van der Waals surface area contributed by atoms with Gasteiger partial charge in [0, 0.05) is 0 Å². The second kappa shape index (κ2) is 2.95. The molecule has 0 aromatic rings. The molecule has 0 radical (unpaired) electrons. The largest absolute Gasteiger partial charge is 0.399 e. The van der Waals surface area contributed by atoms with E-state index in [-0.39, 0.29) is 5.57 Å². The van der Waals surface area contributed by atoms with Gasteiger partial charge in [0.1, 0.15) is 12.0 Å². The van der Waals surface area contributed by atoms with Crippen LogP contribution in [0.1, 0.15) is 0 Å². The lowest BCUT2D eigenvalue weighted by Gasteiger charge is -2.12. The smallest absolute Gasteiger partial charge is 0.193 e. The maximum Gasteiger partial charge on any atom is 0.399 e. The van der Waals surface area contributed by atoms with Crippen LogP contribution in [0.25, 0.3) is 0 Å². The molecule has 0 saturated heterocycles. The molecule has 0 aromatic carbocycles. The van der Waals surface area contributed by atoms with Crippen molar-refractivity contribution in [3.8, 4) is 12.1 Å². The van der Waals surface area contributed by atoms with Gasteiger partial charge in [-0.1, -0.05) is 6.08 Å². The van der Waals surface area contributed by atoms with Crippen molar-refractivity contribution in [2.75, 3.05) is 0 Å². The zero-order chi connectivity index (χ0) is 10.1. The predicted octanol–water partition coefficient (Wildman–Crippen LogP) is 2.08. The van der Waals surface area contributed by atoms with Crippen LogP contribution in [0, 0.1) is 28.6 Å². The Bertz CT molecular complexity index is 362. The van der Waals surface area contributed by atoms with Crippen LogP contribution in [0.4, 0.5) is 13.2 Å². The quantitative estimate of drug-likeness (QED) is 0.578. The van der Waals surface area contributed by atoms with Crippen molar-refractivity contribution >= 4 is 0 Å². The molecule has 66 valence electrons. The molecule has 13 heavy (non-hydrogen) atoms. The Labute approximate surface area is 72.2 Å². The van der Waals surface area contributed by atoms with E-state index in [1.54, 1.807) is 0 Å². The molecule has 0 fully saturated rings. The lowest BCUT2D eigenvalue weighted by molar-refractivity contribution is -0.150. The topological polar surface area (TPSA) is 47.6 Å². The molecule has 2 nitrogen and oxygen atoms in total. The average Bonchev–Trinajstić information content (AvgIpc) is 2.45. The van der Waals surface area contributed by atoms with Crippen molar-refractivity contribution in [2.24, 2.45) is 5.92 Å². The standard InChI is InChI=1S/C8H3F3N2/c9-8(10,11)7-2-1-5(3-12)6(7)4-13/h1-2,7H. The van der Waals surface area contributed by atoms with E-state index in [4.69, 9.17) is 10.5 Å². The summed E-state index contributed by atoms with van der Waals surface area (Å²) in [7, 11) is 0. The highest BCUT2D eigenvalue weighted by atomic mass is 19.4. The van der Waals surface area contributed by atoms with Crippen molar-refractivity contribution in [3.05, 3.63) is 23.3 Å². The summed E-state index contributed by atoms with van der Waals surface area (Å²) >= 11 is 0. The van der Waals surface area contributed by atoms with E-state index in [0.29, 0.717) is 0 Å². The van der Waals surface area contributed by atoms with Gasteiger partial charge >= 0.3 is 6.18 Å². The van der Waals surface area contributed by atoms with Gasteiger partial charge in [0.2, 0.25) is 0 Å². The van der Waals surface area contributed by atoms with E-state index in [1.165, 1.54) is 12.1 Å². The number of rotatable bonds is 0. The monoisotopic (exact) mass is 184 g/mol. The maximum absolute atomic E-state index is 12.2. The van der Waals surface area contributed by atoms with Gasteiger partial charge in [0.15, 0.2) is 0 Å². The van der Waals surface area contributed by atoms with Crippen LogP contribution < -0.4 is 0 Å². The number of hydrogen-bond donors (Lipinski definition) is 0. The molecular formula is C8H3F3N2. The van der Waals surface area contributed by atoms with E-state index < -0.39 is 17.7 Å². The molecule has 0 bridgehead atoms. The molecule has 1 unspecified atom stereocenters. The van der Waals surface area contributed by atoms with Crippen LogP contribution in [-0.2, 0) is 0 Å². The van der Waals surface area contributed by atoms with Gasteiger partial charge in [0.05, 0.1) is 17.2 Å². The third-order valence-electron chi connectivity index (χ3n) is 1.65. The van der Waals surface area contributed by atoms with Crippen molar-refractivity contribution < 1.29 is 13.2 Å². The zero-order valence-corrected chi connectivity index (χ0v) is 6.26. The molecule has 0 aliphatic heterocycles. The number of nitrogens with zero attached hydrogens (tertiary/aromatic N) is 2. The fraction of sp³-hybridized carbons (Fsp3) is 0.250. The first-order valence-corrected chi connectivity index (χ1v) is 3.30. The number of allylic oxidation sites excluding steroid dienone is 4. The summed E-state index contributed by atoms with van der Waals surface area (Å²) in [6.07, 6.45) is -2.64. The summed E-state index contributed by atoms with van der Waals surface area (Å²) in [5.41, 5.74) is -0.722. The van der Waals surface area contributed by atoms with Gasteiger partial charge in [-0.15, -0.1) is 0 Å². The van der Waals surface area contributed by atoms with E-state index in [1.807, 2.05) is 0 Å². The predicted molar refractivity (Wildman–Crippen MR) is 36.9 cm³/mol. The van der Waals surface area contributed by atoms with Crippen molar-refractivity contribution in [1.82, 2.24) is 0 Å². The summed E-state index contributed by atoms with van der Waals surface area (Å²) in [5, 5.41) is 16.8. The van der Waals surface area contributed by atoms with E-state index in [0.717, 1.165) is 12.2 Å². The normalized spacial score (nSPS) is 21.5. The SMILES string of the molecule is N#CC1=C(C#N)C(C(F)(F)F)C=C1. The second-order valence-corrected chi connectivity index (χ2v) is 2.43. The van der Waals surface area contributed by atoms with Crippen LogP contribution in [0.15, 0.2) is 23.3 Å². The van der Waals surface area contributed by atoms with Crippen LogP contribution in [0.5, 0.6) is 0 Å². The lowest BCUT2D eigenvalue weighted by Crippen LogP contribution is -2.21. The summed E-state index contributed by atoms with van der Waals surface area (Å²) in [6.45, 7) is 0. The third kappa shape index (κ3) is 1.54. The Hall–Kier alpha value is -1.75. The molecule has 0 aromatic heterocycles. The maximum atomic E-state index is 12.2. The fourth-order valence-corrected chi connectivity index (χ4v) is 1.05. The van der Waals surface area contributed by atoms with E-state index >= 15 is 0 Å². The lowest BCUT2D eigenvalue weighted by atomic mass is 10.0. The highest BCUT2D eigenvalue weighted by Crippen LogP contribution is 2.37. The fourth-order valence-electron chi connectivity index (χ4n) is 1.05. The molecule has 1 rings (SSSR count). The number of hydrogen-bond acceptors (Lipinski definition) is 2. The van der Waals surface area contributed by atoms with E-state index in [2.05, 4.69) is 0 Å². The Morgan fingerprint density at radius 3 is 2.23 bits per heavy atom. The molecule has 1 aliphatic carbocycles. The van der Waals surface area contributed by atoms with Crippen molar-refractivity contribution in [1.29, 1.82) is 10.5 Å². The highest BCUT2D eigenvalue weighted by Gasteiger charge is 2.43. The molecule has 0 amide bonds. The highest BCUT2D eigenvalue weighted by molar-refractivity contribution is 5.52. The first-order chi connectivity index (χ1) is 6.00. The molecule has 5 heteroatoms. The van der Waals surface area contributed by atoms with Crippen molar-refractivity contribution in [2.45, 2.75) is 6.18 Å². The minimum Gasteiger partial charge on any atom is -0.193 e. The van der Waals surface area contributed by atoms with Crippen LogP contribution in [-0.4, -0.2) is 6.18 Å². The zero-order valence-electron chi connectivity index (χ0n) is 6.26. The van der Waals surface area contributed by atoms with Gasteiger partial charge in [-0.25, -0.2) is 0 Å². The molecule has 1 atom stereocenters. The van der Waals surface area contributed by atoms with Gasteiger partial charge in [0.25, 0.3) is 0 Å². The van der Waals surface area contributed by atoms with Gasteiger partial charge in [-0.05, 0) is 6.08 Å². The molecule has 0 saturated carbocycles. The van der Waals surface area contributed by atoms with Crippen LogP contribution in [0.3, 0.4) is 0 Å². The van der Waals surface area contributed by atoms with Gasteiger partial charge < -0.3 is 0 Å². The van der Waals surface area contributed by atoms with E-state index in [9.17, 15) is 13.2 Å². The number of alkyl halides is 3. The third-order valence-corrected chi connectivity index (χ3v) is 1.65. The number of halogens is 3. The Morgan fingerprint density at radius 2 is 1.85 bits per heavy atom.